The van der Waals surface area contributed by atoms with E-state index in [1.54, 1.807) is 12.1 Å². The number of alkyl halides is 3. The van der Waals surface area contributed by atoms with Crippen LogP contribution in [0.1, 0.15) is 64.9 Å². The van der Waals surface area contributed by atoms with Crippen molar-refractivity contribution in [3.05, 3.63) is 29.8 Å². The molecule has 0 aliphatic carbocycles. The average Bonchev–Trinajstić information content (AvgIpc) is 2.54. The largest absolute Gasteiger partial charge is 0.416 e. The Morgan fingerprint density at radius 3 is 1.43 bits per heavy atom. The lowest BCUT2D eigenvalue weighted by atomic mass is 10.1. The van der Waals surface area contributed by atoms with E-state index in [-0.39, 0.29) is 0 Å². The fourth-order valence-corrected chi connectivity index (χ4v) is 3.07. The smallest absolute Gasteiger partial charge is 0.291 e. The van der Waals surface area contributed by atoms with Gasteiger partial charge in [-0.1, -0.05) is 40.0 Å². The molecule has 1 aromatic rings. The van der Waals surface area contributed by atoms with Crippen molar-refractivity contribution in [3.8, 4) is 0 Å². The van der Waals surface area contributed by atoms with E-state index in [2.05, 4.69) is 20.8 Å². The summed E-state index contributed by atoms with van der Waals surface area (Å²) in [6, 6.07) is 5.88. The highest BCUT2D eigenvalue weighted by molar-refractivity contribution is 5.45. The summed E-state index contributed by atoms with van der Waals surface area (Å²) in [7, 11) is 0. The van der Waals surface area contributed by atoms with Crippen LogP contribution >= 0.6 is 0 Å². The van der Waals surface area contributed by atoms with Gasteiger partial charge in [-0.3, -0.25) is 4.48 Å². The van der Waals surface area contributed by atoms with Gasteiger partial charge in [-0.25, -0.2) is 0 Å². The predicted octanol–water partition coefficient (Wildman–Crippen LogP) is 6.41. The van der Waals surface area contributed by atoms with Crippen LogP contribution in [0.25, 0.3) is 0 Å². The van der Waals surface area contributed by atoms with Crippen LogP contribution in [0.4, 0.5) is 18.9 Å². The molecule has 0 spiro atoms. The number of halogens is 3. The van der Waals surface area contributed by atoms with Crippen molar-refractivity contribution >= 4 is 5.69 Å². The summed E-state index contributed by atoms with van der Waals surface area (Å²) in [5, 5.41) is 0. The van der Waals surface area contributed by atoms with Crippen LogP contribution in [-0.4, -0.2) is 19.6 Å². The molecule has 1 nitrogen and oxygen atoms in total. The summed E-state index contributed by atoms with van der Waals surface area (Å²) in [5.41, 5.74) is 0.481. The van der Waals surface area contributed by atoms with Gasteiger partial charge in [0.1, 0.15) is 5.69 Å². The maximum atomic E-state index is 12.8. The van der Waals surface area contributed by atoms with Crippen LogP contribution in [-0.2, 0) is 6.18 Å². The molecule has 0 radical (unpaired) electrons. The number of nitrogens with zero attached hydrogens (tertiary/aromatic N) is 1. The number of unbranched alkanes of at least 4 members (excludes halogenated alkanes) is 3. The number of hydrogen-bond donors (Lipinski definition) is 0. The number of rotatable bonds is 10. The van der Waals surface area contributed by atoms with Crippen LogP contribution in [0, 0.1) is 0 Å². The van der Waals surface area contributed by atoms with Crippen molar-refractivity contribution < 1.29 is 13.2 Å². The minimum Gasteiger partial charge on any atom is -0.291 e. The van der Waals surface area contributed by atoms with E-state index >= 15 is 0 Å². The highest BCUT2D eigenvalue weighted by Gasteiger charge is 2.33. The summed E-state index contributed by atoms with van der Waals surface area (Å²) in [5.74, 6) is 0. The van der Waals surface area contributed by atoms with Crippen LogP contribution in [0.5, 0.6) is 0 Å². The van der Waals surface area contributed by atoms with Gasteiger partial charge in [-0.2, -0.15) is 13.2 Å². The van der Waals surface area contributed by atoms with Gasteiger partial charge in [-0.15, -0.1) is 0 Å². The Kier molecular flexibility index (Phi) is 8.10. The van der Waals surface area contributed by atoms with Crippen molar-refractivity contribution in [2.45, 2.75) is 65.5 Å². The average molecular weight is 330 g/mol. The van der Waals surface area contributed by atoms with Crippen molar-refractivity contribution in [2.24, 2.45) is 0 Å². The van der Waals surface area contributed by atoms with Gasteiger partial charge in [0, 0.05) is 0 Å². The lowest BCUT2D eigenvalue weighted by Crippen LogP contribution is -2.51. The van der Waals surface area contributed by atoms with Crippen molar-refractivity contribution in [3.63, 3.8) is 0 Å². The fraction of sp³-hybridized carbons (Fsp3) is 0.684. The van der Waals surface area contributed by atoms with E-state index in [4.69, 9.17) is 0 Å². The highest BCUT2D eigenvalue weighted by atomic mass is 19.4. The number of benzene rings is 1. The van der Waals surface area contributed by atoms with Crippen molar-refractivity contribution in [1.82, 2.24) is 4.48 Å². The molecule has 132 valence electrons. The summed E-state index contributed by atoms with van der Waals surface area (Å²) >= 11 is 0. The van der Waals surface area contributed by atoms with Crippen LogP contribution < -0.4 is 4.48 Å². The molecule has 4 heteroatoms. The Hall–Kier alpha value is -1.03. The third kappa shape index (κ3) is 5.83. The quantitative estimate of drug-likeness (QED) is 0.435. The fourth-order valence-electron chi connectivity index (χ4n) is 3.07. The molecule has 0 saturated heterocycles. The molecule has 0 aromatic heterocycles. The molecule has 0 amide bonds. The van der Waals surface area contributed by atoms with Gasteiger partial charge in [-0.05, 0) is 43.5 Å². The van der Waals surface area contributed by atoms with E-state index < -0.39 is 11.7 Å². The molecule has 0 aliphatic heterocycles. The zero-order valence-electron chi connectivity index (χ0n) is 14.8. The molecule has 23 heavy (non-hydrogen) atoms. The molecular formula is C19H31F3N+. The maximum absolute atomic E-state index is 12.8. The van der Waals surface area contributed by atoms with Gasteiger partial charge >= 0.3 is 6.18 Å². The predicted molar refractivity (Wildman–Crippen MR) is 92.6 cm³/mol. The Bertz CT molecular complexity index is 415. The molecule has 0 saturated carbocycles. The Labute approximate surface area is 139 Å². The molecule has 0 atom stereocenters. The van der Waals surface area contributed by atoms with Crippen molar-refractivity contribution in [2.75, 3.05) is 19.6 Å². The second-order valence-electron chi connectivity index (χ2n) is 6.42. The molecule has 0 aliphatic rings. The Morgan fingerprint density at radius 1 is 0.739 bits per heavy atom. The number of quaternary nitrogens is 1. The first-order chi connectivity index (χ1) is 10.9. The van der Waals surface area contributed by atoms with Gasteiger partial charge in [0.25, 0.3) is 0 Å². The van der Waals surface area contributed by atoms with Gasteiger partial charge in [0.05, 0.1) is 25.2 Å². The third-order valence-corrected chi connectivity index (χ3v) is 4.56. The third-order valence-electron chi connectivity index (χ3n) is 4.56. The first-order valence-corrected chi connectivity index (χ1v) is 8.93. The Balaban J connectivity index is 3.12. The number of hydrogen-bond acceptors (Lipinski definition) is 0. The van der Waals surface area contributed by atoms with Gasteiger partial charge in [0.15, 0.2) is 0 Å². The van der Waals surface area contributed by atoms with Crippen molar-refractivity contribution in [1.29, 1.82) is 0 Å². The lowest BCUT2D eigenvalue weighted by molar-refractivity contribution is -0.137. The van der Waals surface area contributed by atoms with Crippen LogP contribution in [0.3, 0.4) is 0 Å². The second-order valence-corrected chi connectivity index (χ2v) is 6.42. The minimum absolute atomic E-state index is 0.555. The topological polar surface area (TPSA) is 0 Å². The van der Waals surface area contributed by atoms with Crippen LogP contribution in [0.15, 0.2) is 24.3 Å². The summed E-state index contributed by atoms with van der Waals surface area (Å²) in [4.78, 5) is 0. The molecule has 1 rings (SSSR count). The van der Waals surface area contributed by atoms with E-state index in [1.807, 2.05) is 0 Å². The van der Waals surface area contributed by atoms with Gasteiger partial charge in [0.2, 0.25) is 0 Å². The van der Waals surface area contributed by atoms with E-state index in [0.717, 1.165) is 68.3 Å². The minimum atomic E-state index is -4.26. The SMILES string of the molecule is CCCC[N+](CCCC)(CCCC)c1ccc(C(F)(F)F)cc1. The van der Waals surface area contributed by atoms with Gasteiger partial charge < -0.3 is 0 Å². The van der Waals surface area contributed by atoms with E-state index in [0.29, 0.717) is 0 Å². The second kappa shape index (κ2) is 9.31. The first-order valence-electron chi connectivity index (χ1n) is 8.93. The first kappa shape index (κ1) is 20.0. The zero-order chi connectivity index (χ0) is 17.3. The maximum Gasteiger partial charge on any atom is 0.416 e. The Morgan fingerprint density at radius 2 is 1.13 bits per heavy atom. The molecule has 0 unspecified atom stereocenters. The molecule has 0 bridgehead atoms. The standard InChI is InChI=1S/C19H31F3N/c1-4-7-14-23(15-8-5-2,16-9-6-3)18-12-10-17(11-13-18)19(20,21)22/h10-13H,4-9,14-16H2,1-3H3/q+1. The monoisotopic (exact) mass is 330 g/mol. The molecule has 0 fully saturated rings. The summed E-state index contributed by atoms with van der Waals surface area (Å²) in [6.45, 7) is 9.55. The lowest BCUT2D eigenvalue weighted by Gasteiger charge is -2.39. The molecular weight excluding hydrogens is 299 g/mol. The molecule has 0 N–H and O–H groups in total. The van der Waals surface area contributed by atoms with E-state index in [1.165, 1.54) is 12.1 Å². The highest BCUT2D eigenvalue weighted by Crippen LogP contribution is 2.33. The van der Waals surface area contributed by atoms with E-state index in [9.17, 15) is 13.2 Å². The molecule has 0 heterocycles. The summed E-state index contributed by atoms with van der Waals surface area (Å²) < 4.78 is 39.3. The summed E-state index contributed by atoms with van der Waals surface area (Å²) in [6.07, 6.45) is 2.39. The van der Waals surface area contributed by atoms with Crippen LogP contribution in [0.2, 0.25) is 0 Å². The zero-order valence-corrected chi connectivity index (χ0v) is 14.8. The normalized spacial score (nSPS) is 12.6. The molecule has 1 aromatic carbocycles.